The summed E-state index contributed by atoms with van der Waals surface area (Å²) in [7, 11) is 1.90. The van der Waals surface area contributed by atoms with Crippen molar-refractivity contribution >= 4 is 11.6 Å². The number of aliphatic hydroxyl groups is 1. The first-order valence-electron chi connectivity index (χ1n) is 7.17. The molecule has 1 aromatic heterocycles. The molecule has 2 rings (SSSR count). The van der Waals surface area contributed by atoms with E-state index in [1.165, 1.54) is 5.56 Å². The maximum Gasteiger partial charge on any atom is 0.137 e. The van der Waals surface area contributed by atoms with Gasteiger partial charge in [-0.3, -0.25) is 0 Å². The lowest BCUT2D eigenvalue weighted by Crippen LogP contribution is -2.38. The highest BCUT2D eigenvalue weighted by molar-refractivity contribution is 5.58. The third-order valence-corrected chi connectivity index (χ3v) is 3.74. The van der Waals surface area contributed by atoms with Crippen LogP contribution in [0, 0.1) is 5.92 Å². The molecule has 106 valence electrons. The van der Waals surface area contributed by atoms with Gasteiger partial charge < -0.3 is 15.3 Å². The maximum atomic E-state index is 9.36. The number of aliphatic hydroxyl groups excluding tert-OH is 1. The molecule has 5 nitrogen and oxygen atoms in total. The predicted molar refractivity (Wildman–Crippen MR) is 77.6 cm³/mol. The normalized spacial score (nSPS) is 19.5. The molecule has 1 aromatic rings. The van der Waals surface area contributed by atoms with Crippen LogP contribution >= 0.6 is 0 Å². The molecular weight excluding hydrogens is 240 g/mol. The molecule has 0 bridgehead atoms. The number of hydrogen-bond donors (Lipinski definition) is 2. The van der Waals surface area contributed by atoms with Crippen LogP contribution in [0.2, 0.25) is 0 Å². The van der Waals surface area contributed by atoms with Gasteiger partial charge in [0.15, 0.2) is 0 Å². The minimum absolute atomic E-state index is 0.267. The lowest BCUT2D eigenvalue weighted by Gasteiger charge is -2.34. The molecule has 1 unspecified atom stereocenters. The van der Waals surface area contributed by atoms with Gasteiger partial charge in [-0.15, -0.1) is 0 Å². The zero-order chi connectivity index (χ0) is 13.7. The first-order chi connectivity index (χ1) is 9.30. The van der Waals surface area contributed by atoms with E-state index >= 15 is 0 Å². The zero-order valence-corrected chi connectivity index (χ0v) is 11.9. The summed E-state index contributed by atoms with van der Waals surface area (Å²) in [6.07, 6.45) is 5.91. The molecule has 2 heterocycles. The van der Waals surface area contributed by atoms with Gasteiger partial charge in [-0.2, -0.15) is 0 Å². The molecule has 1 atom stereocenters. The van der Waals surface area contributed by atoms with E-state index in [0.29, 0.717) is 5.92 Å². The van der Waals surface area contributed by atoms with Gasteiger partial charge in [0, 0.05) is 32.3 Å². The molecular formula is C14H24N4O. The van der Waals surface area contributed by atoms with Gasteiger partial charge in [-0.1, -0.05) is 13.3 Å². The zero-order valence-electron chi connectivity index (χ0n) is 11.9. The van der Waals surface area contributed by atoms with Crippen molar-refractivity contribution in [2.24, 2.45) is 5.92 Å². The Kier molecular flexibility index (Phi) is 4.96. The topological polar surface area (TPSA) is 61.3 Å². The van der Waals surface area contributed by atoms with E-state index in [4.69, 9.17) is 0 Å². The number of rotatable bonds is 5. The molecule has 1 saturated heterocycles. The van der Waals surface area contributed by atoms with Gasteiger partial charge >= 0.3 is 0 Å². The van der Waals surface area contributed by atoms with Crippen molar-refractivity contribution in [3.8, 4) is 0 Å². The van der Waals surface area contributed by atoms with Gasteiger partial charge in [-0.25, -0.2) is 9.97 Å². The third-order valence-electron chi connectivity index (χ3n) is 3.74. The van der Waals surface area contributed by atoms with Crippen LogP contribution in [0.25, 0.3) is 0 Å². The number of nitrogens with one attached hydrogen (secondary N) is 1. The summed E-state index contributed by atoms with van der Waals surface area (Å²) in [4.78, 5) is 11.1. The lowest BCUT2D eigenvalue weighted by molar-refractivity contribution is 0.208. The van der Waals surface area contributed by atoms with Crippen molar-refractivity contribution < 1.29 is 5.11 Å². The Bertz CT molecular complexity index is 410. The van der Waals surface area contributed by atoms with Crippen LogP contribution in [-0.4, -0.2) is 41.8 Å². The highest BCUT2D eigenvalue weighted by Gasteiger charge is 2.23. The second-order valence-corrected chi connectivity index (χ2v) is 5.16. The van der Waals surface area contributed by atoms with Crippen LogP contribution in [0.1, 0.15) is 31.7 Å². The van der Waals surface area contributed by atoms with E-state index in [9.17, 15) is 5.11 Å². The van der Waals surface area contributed by atoms with Crippen molar-refractivity contribution in [3.05, 3.63) is 11.9 Å². The number of piperidine rings is 1. The van der Waals surface area contributed by atoms with E-state index in [0.717, 1.165) is 50.4 Å². The minimum atomic E-state index is 0.267. The lowest BCUT2D eigenvalue weighted by atomic mass is 9.98. The molecule has 0 aromatic carbocycles. The summed E-state index contributed by atoms with van der Waals surface area (Å²) in [5.41, 5.74) is 1.20. The standard InChI is InChI=1S/C14H24N4O/c1-3-5-12-13(15-2)16-10-17-14(12)18-7-4-6-11(8-18)9-19/h10-11,19H,3-9H2,1-2H3,(H,15,16,17). The molecule has 19 heavy (non-hydrogen) atoms. The molecule has 5 heteroatoms. The van der Waals surface area contributed by atoms with Crippen LogP contribution in [0.3, 0.4) is 0 Å². The van der Waals surface area contributed by atoms with E-state index in [2.05, 4.69) is 27.1 Å². The van der Waals surface area contributed by atoms with E-state index in [1.54, 1.807) is 6.33 Å². The molecule has 0 aliphatic carbocycles. The summed E-state index contributed by atoms with van der Waals surface area (Å²) >= 11 is 0. The molecule has 1 fully saturated rings. The Morgan fingerprint density at radius 3 is 3.00 bits per heavy atom. The van der Waals surface area contributed by atoms with Crippen LogP contribution in [0.15, 0.2) is 6.33 Å². The quantitative estimate of drug-likeness (QED) is 0.847. The second kappa shape index (κ2) is 6.70. The summed E-state index contributed by atoms with van der Waals surface area (Å²) in [6, 6.07) is 0. The molecule has 0 amide bonds. The second-order valence-electron chi connectivity index (χ2n) is 5.16. The highest BCUT2D eigenvalue weighted by Crippen LogP contribution is 2.28. The Morgan fingerprint density at radius 2 is 2.32 bits per heavy atom. The van der Waals surface area contributed by atoms with Gasteiger partial charge in [0.05, 0.1) is 0 Å². The smallest absolute Gasteiger partial charge is 0.137 e. The minimum Gasteiger partial charge on any atom is -0.396 e. The fourth-order valence-electron chi connectivity index (χ4n) is 2.78. The molecule has 0 saturated carbocycles. The van der Waals surface area contributed by atoms with E-state index in [1.807, 2.05) is 7.05 Å². The van der Waals surface area contributed by atoms with E-state index < -0.39 is 0 Å². The molecule has 0 radical (unpaired) electrons. The average molecular weight is 264 g/mol. The first kappa shape index (κ1) is 14.1. The Labute approximate surface area is 115 Å². The van der Waals surface area contributed by atoms with Gasteiger partial charge in [0.2, 0.25) is 0 Å². The maximum absolute atomic E-state index is 9.36. The van der Waals surface area contributed by atoms with Crippen LogP contribution in [0.4, 0.5) is 11.6 Å². The average Bonchev–Trinajstić information content (AvgIpc) is 2.48. The third kappa shape index (κ3) is 3.15. The van der Waals surface area contributed by atoms with Crippen LogP contribution in [-0.2, 0) is 6.42 Å². The number of aromatic nitrogens is 2. The Hall–Kier alpha value is -1.36. The van der Waals surface area contributed by atoms with Crippen molar-refractivity contribution in [1.29, 1.82) is 0 Å². The van der Waals surface area contributed by atoms with Crippen molar-refractivity contribution in [2.45, 2.75) is 32.6 Å². The van der Waals surface area contributed by atoms with Crippen molar-refractivity contribution in [1.82, 2.24) is 9.97 Å². The van der Waals surface area contributed by atoms with Crippen molar-refractivity contribution in [3.63, 3.8) is 0 Å². The largest absolute Gasteiger partial charge is 0.396 e. The first-order valence-corrected chi connectivity index (χ1v) is 7.17. The molecule has 1 aliphatic rings. The Morgan fingerprint density at radius 1 is 1.47 bits per heavy atom. The van der Waals surface area contributed by atoms with Crippen LogP contribution < -0.4 is 10.2 Å². The number of nitrogens with zero attached hydrogens (tertiary/aromatic N) is 3. The summed E-state index contributed by atoms with van der Waals surface area (Å²) in [5.74, 6) is 2.34. The number of anilines is 2. The van der Waals surface area contributed by atoms with Crippen LogP contribution in [0.5, 0.6) is 0 Å². The summed E-state index contributed by atoms with van der Waals surface area (Å²) in [5, 5.41) is 12.5. The van der Waals surface area contributed by atoms with Crippen molar-refractivity contribution in [2.75, 3.05) is 37.0 Å². The molecule has 0 spiro atoms. The van der Waals surface area contributed by atoms with Gasteiger partial charge in [0.1, 0.15) is 18.0 Å². The Balaban J connectivity index is 2.27. The number of hydrogen-bond acceptors (Lipinski definition) is 5. The molecule has 1 aliphatic heterocycles. The van der Waals surface area contributed by atoms with E-state index in [-0.39, 0.29) is 6.61 Å². The highest BCUT2D eigenvalue weighted by atomic mass is 16.3. The fraction of sp³-hybridized carbons (Fsp3) is 0.714. The van der Waals surface area contributed by atoms with Gasteiger partial charge in [-0.05, 0) is 25.2 Å². The SMILES string of the molecule is CCCc1c(NC)ncnc1N1CCCC(CO)C1. The summed E-state index contributed by atoms with van der Waals surface area (Å²) in [6.45, 7) is 4.35. The fourth-order valence-corrected chi connectivity index (χ4v) is 2.78. The van der Waals surface area contributed by atoms with Gasteiger partial charge in [0.25, 0.3) is 0 Å². The monoisotopic (exact) mass is 264 g/mol. The summed E-state index contributed by atoms with van der Waals surface area (Å²) < 4.78 is 0. The predicted octanol–water partition coefficient (Wildman–Crippen LogP) is 1.68. The molecule has 2 N–H and O–H groups in total.